The van der Waals surface area contributed by atoms with Crippen LogP contribution in [0.25, 0.3) is 137 Å². The van der Waals surface area contributed by atoms with Crippen LogP contribution in [0.3, 0.4) is 0 Å². The molecule has 0 atom stereocenters. The highest BCUT2D eigenvalue weighted by molar-refractivity contribution is 6.26. The summed E-state index contributed by atoms with van der Waals surface area (Å²) in [7, 11) is 0. The van der Waals surface area contributed by atoms with Gasteiger partial charge in [-0.25, -0.2) is 0 Å². The van der Waals surface area contributed by atoms with Crippen LogP contribution in [0.4, 0.5) is 0 Å². The largest absolute Gasteiger partial charge is 0.309 e. The van der Waals surface area contributed by atoms with Gasteiger partial charge in [-0.05, 0) is 121 Å². The van der Waals surface area contributed by atoms with Crippen LogP contribution < -0.4 is 0 Å². The molecule has 0 aliphatic heterocycles. The summed E-state index contributed by atoms with van der Waals surface area (Å²) in [5, 5.41) is 12.3. The third-order valence-electron chi connectivity index (χ3n) is 15.2. The van der Waals surface area contributed by atoms with Crippen LogP contribution in [0.1, 0.15) is 0 Å². The minimum atomic E-state index is 1.12. The van der Waals surface area contributed by atoms with Gasteiger partial charge in [0.15, 0.2) is 0 Å². The van der Waals surface area contributed by atoms with E-state index in [0.717, 1.165) is 28.4 Å². The molecular formula is C66H41N5. The molecule has 5 heteroatoms. The standard InChI is InChI=1S/C66H41N5/c1-6-20-42(21-7-1)67-57-32-18-16-30-47(57)49-34-51-53-36-55-56-37-54-52-35-50-48-31-17-19-33-58(48)68(43-22-8-2-9-23-43)60(50)39-62(52)70(45-26-12-4-13-27-45)64(54)41-66(56)71(46-28-14-5-15-29-46)65(55)40-63(53)69(61(51)38-59(49)67)44-24-10-3-11-25-44/h1-41H. The van der Waals surface area contributed by atoms with Crippen LogP contribution in [0, 0.1) is 0 Å². The van der Waals surface area contributed by atoms with E-state index in [-0.39, 0.29) is 0 Å². The van der Waals surface area contributed by atoms with Crippen LogP contribution in [0.2, 0.25) is 0 Å². The Balaban J connectivity index is 1.07. The Labute approximate surface area is 407 Å². The van der Waals surface area contributed by atoms with Gasteiger partial charge in [0.2, 0.25) is 0 Å². The van der Waals surface area contributed by atoms with Crippen molar-refractivity contribution in [2.45, 2.75) is 0 Å². The quantitative estimate of drug-likeness (QED) is 0.164. The van der Waals surface area contributed by atoms with E-state index in [9.17, 15) is 0 Å². The second-order valence-electron chi connectivity index (χ2n) is 18.9. The van der Waals surface area contributed by atoms with Gasteiger partial charge in [-0.15, -0.1) is 0 Å². The summed E-state index contributed by atoms with van der Waals surface area (Å²) >= 11 is 0. The molecule has 5 aromatic heterocycles. The Bertz CT molecular complexity index is 4530. The molecule has 16 aromatic rings. The lowest BCUT2D eigenvalue weighted by molar-refractivity contribution is 1.15. The zero-order valence-corrected chi connectivity index (χ0v) is 38.4. The highest BCUT2D eigenvalue weighted by atomic mass is 15.0. The van der Waals surface area contributed by atoms with Gasteiger partial charge in [-0.3, -0.25) is 0 Å². The predicted octanol–water partition coefficient (Wildman–Crippen LogP) is 17.2. The van der Waals surface area contributed by atoms with E-state index in [4.69, 9.17) is 0 Å². The van der Waals surface area contributed by atoms with Crippen molar-refractivity contribution in [1.82, 2.24) is 22.8 Å². The summed E-state index contributed by atoms with van der Waals surface area (Å²) in [5.41, 5.74) is 17.5. The average Bonchev–Trinajstić information content (AvgIpc) is 4.21. The molecule has 0 fully saturated rings. The van der Waals surface area contributed by atoms with E-state index < -0.39 is 0 Å². The predicted molar refractivity (Wildman–Crippen MR) is 298 cm³/mol. The Morgan fingerprint density at radius 2 is 0.324 bits per heavy atom. The SMILES string of the molecule is c1ccc(-n2c3ccccc3c3cc4c5cc6c7cc8c9cc%10c%11ccccc%11n(-c%11ccccc%11)c%10cc9n(-c9ccccc9)c8cc7n(-c7ccccc7)c6cc5n(-c5ccccc5)c4cc32)cc1. The highest BCUT2D eigenvalue weighted by Crippen LogP contribution is 2.46. The maximum atomic E-state index is 2.49. The number of hydrogen-bond acceptors (Lipinski definition) is 0. The number of hydrogen-bond donors (Lipinski definition) is 0. The number of rotatable bonds is 5. The molecule has 5 heterocycles. The van der Waals surface area contributed by atoms with Crippen molar-refractivity contribution in [3.63, 3.8) is 0 Å². The molecule has 11 aromatic carbocycles. The fourth-order valence-electron chi connectivity index (χ4n) is 12.2. The van der Waals surface area contributed by atoms with Gasteiger partial charge in [0, 0.05) is 82.3 Å². The van der Waals surface area contributed by atoms with Crippen LogP contribution in [0.15, 0.2) is 249 Å². The molecule has 0 amide bonds. The molecule has 0 N–H and O–H groups in total. The van der Waals surface area contributed by atoms with Crippen LogP contribution in [-0.2, 0) is 0 Å². The second kappa shape index (κ2) is 14.5. The van der Waals surface area contributed by atoms with E-state index in [0.29, 0.717) is 0 Å². The van der Waals surface area contributed by atoms with Crippen molar-refractivity contribution in [1.29, 1.82) is 0 Å². The van der Waals surface area contributed by atoms with Gasteiger partial charge in [0.05, 0.1) is 55.2 Å². The summed E-state index contributed by atoms with van der Waals surface area (Å²) < 4.78 is 12.3. The molecule has 0 spiro atoms. The van der Waals surface area contributed by atoms with Gasteiger partial charge < -0.3 is 22.8 Å². The number of fused-ring (bicyclic) bond motifs is 15. The summed E-state index contributed by atoms with van der Waals surface area (Å²) in [6, 6.07) is 91.6. The number of aromatic nitrogens is 5. The lowest BCUT2D eigenvalue weighted by Crippen LogP contribution is -1.97. The number of para-hydroxylation sites is 7. The van der Waals surface area contributed by atoms with E-state index in [1.54, 1.807) is 0 Å². The fourth-order valence-corrected chi connectivity index (χ4v) is 12.2. The van der Waals surface area contributed by atoms with Gasteiger partial charge in [0.25, 0.3) is 0 Å². The molecule has 5 nitrogen and oxygen atoms in total. The fraction of sp³-hybridized carbons (Fsp3) is 0. The summed E-state index contributed by atoms with van der Waals surface area (Å²) in [4.78, 5) is 0. The zero-order valence-electron chi connectivity index (χ0n) is 38.4. The first-order valence-corrected chi connectivity index (χ1v) is 24.4. The molecule has 0 aliphatic carbocycles. The molecule has 0 radical (unpaired) electrons. The normalized spacial score (nSPS) is 12.2. The smallest absolute Gasteiger partial charge is 0.0562 e. The first kappa shape index (κ1) is 38.4. The Morgan fingerprint density at radius 1 is 0.141 bits per heavy atom. The maximum absolute atomic E-state index is 2.49. The van der Waals surface area contributed by atoms with Crippen LogP contribution in [-0.4, -0.2) is 22.8 Å². The van der Waals surface area contributed by atoms with Crippen molar-refractivity contribution in [3.8, 4) is 28.4 Å². The van der Waals surface area contributed by atoms with Gasteiger partial charge in [0.1, 0.15) is 0 Å². The molecule has 0 unspecified atom stereocenters. The number of nitrogens with zero attached hydrogens (tertiary/aromatic N) is 5. The highest BCUT2D eigenvalue weighted by Gasteiger charge is 2.24. The van der Waals surface area contributed by atoms with Gasteiger partial charge >= 0.3 is 0 Å². The minimum Gasteiger partial charge on any atom is -0.309 e. The van der Waals surface area contributed by atoms with E-state index in [1.165, 1.54) is 109 Å². The second-order valence-corrected chi connectivity index (χ2v) is 18.9. The summed E-state index contributed by atoms with van der Waals surface area (Å²) in [5.74, 6) is 0. The van der Waals surface area contributed by atoms with Crippen LogP contribution >= 0.6 is 0 Å². The molecular weight excluding hydrogens is 863 g/mol. The van der Waals surface area contributed by atoms with Crippen molar-refractivity contribution in [2.75, 3.05) is 0 Å². The van der Waals surface area contributed by atoms with Crippen molar-refractivity contribution < 1.29 is 0 Å². The first-order valence-electron chi connectivity index (χ1n) is 24.4. The molecule has 16 rings (SSSR count). The zero-order chi connectivity index (χ0) is 46.3. The van der Waals surface area contributed by atoms with E-state index >= 15 is 0 Å². The lowest BCUT2D eigenvalue weighted by Gasteiger charge is -2.11. The molecule has 0 aliphatic rings. The lowest BCUT2D eigenvalue weighted by atomic mass is 10.0. The molecule has 71 heavy (non-hydrogen) atoms. The average molecular weight is 904 g/mol. The summed E-state index contributed by atoms with van der Waals surface area (Å²) in [6.45, 7) is 0. The molecule has 0 saturated carbocycles. The van der Waals surface area contributed by atoms with Crippen LogP contribution in [0.5, 0.6) is 0 Å². The van der Waals surface area contributed by atoms with E-state index in [1.807, 2.05) is 0 Å². The maximum Gasteiger partial charge on any atom is 0.0562 e. The van der Waals surface area contributed by atoms with Gasteiger partial charge in [-0.2, -0.15) is 0 Å². The topological polar surface area (TPSA) is 24.6 Å². The Hall–Kier alpha value is -9.58. The third-order valence-corrected chi connectivity index (χ3v) is 15.2. The first-order chi connectivity index (χ1) is 35.2. The van der Waals surface area contributed by atoms with Crippen molar-refractivity contribution in [3.05, 3.63) is 249 Å². The Morgan fingerprint density at radius 3 is 0.563 bits per heavy atom. The minimum absolute atomic E-state index is 1.12. The molecule has 0 bridgehead atoms. The third kappa shape index (κ3) is 5.34. The van der Waals surface area contributed by atoms with E-state index in [2.05, 4.69) is 272 Å². The molecule has 0 saturated heterocycles. The van der Waals surface area contributed by atoms with Gasteiger partial charge in [-0.1, -0.05) is 127 Å². The number of benzene rings is 11. The summed E-state index contributed by atoms with van der Waals surface area (Å²) in [6.07, 6.45) is 0. The van der Waals surface area contributed by atoms with Crippen molar-refractivity contribution in [2.24, 2.45) is 0 Å². The Kier molecular flexibility index (Phi) is 7.82. The van der Waals surface area contributed by atoms with Crippen molar-refractivity contribution >= 4 is 109 Å². The molecule has 330 valence electrons. The monoisotopic (exact) mass is 903 g/mol.